The number of rotatable bonds is 2. The quantitative estimate of drug-likeness (QED) is 0.621. The van der Waals surface area contributed by atoms with E-state index in [1.807, 2.05) is 0 Å². The second-order valence-corrected chi connectivity index (χ2v) is 5.68. The molecule has 1 aromatic rings. The predicted octanol–water partition coefficient (Wildman–Crippen LogP) is 3.25. The minimum atomic E-state index is -4.33. The van der Waals surface area contributed by atoms with Crippen LogP contribution >= 0.6 is 33.9 Å². The largest absolute Gasteiger partial charge is 0.281 e. The highest BCUT2D eigenvalue weighted by molar-refractivity contribution is 8.13. The van der Waals surface area contributed by atoms with E-state index in [1.165, 1.54) is 0 Å². The summed E-state index contributed by atoms with van der Waals surface area (Å²) in [5, 5.41) is -0.670. The molecule has 0 atom stereocenters. The van der Waals surface area contributed by atoms with Gasteiger partial charge in [-0.3, -0.25) is 0 Å². The van der Waals surface area contributed by atoms with Gasteiger partial charge in [0.1, 0.15) is 15.7 Å². The zero-order chi connectivity index (χ0) is 11.8. The summed E-state index contributed by atoms with van der Waals surface area (Å²) in [5.41, 5.74) is -1.01. The highest BCUT2D eigenvalue weighted by Crippen LogP contribution is 2.32. The summed E-state index contributed by atoms with van der Waals surface area (Å²) in [5.74, 6) is 0. The molecular weight excluding hydrogens is 294 g/mol. The summed E-state index contributed by atoms with van der Waals surface area (Å²) in [6.45, 7) is 0. The van der Waals surface area contributed by atoms with Gasteiger partial charge in [-0.05, 0) is 6.07 Å². The Kier molecular flexibility index (Phi) is 3.76. The predicted molar refractivity (Wildman–Crippen MR) is 52.3 cm³/mol. The third-order valence-corrected chi connectivity index (χ3v) is 3.42. The van der Waals surface area contributed by atoms with Gasteiger partial charge in [-0.2, -0.15) is 0 Å². The van der Waals surface area contributed by atoms with Gasteiger partial charge in [0.2, 0.25) is 0 Å². The molecule has 0 saturated heterocycles. The van der Waals surface area contributed by atoms with E-state index >= 15 is 0 Å². The Balaban J connectivity index is 3.56. The van der Waals surface area contributed by atoms with E-state index in [9.17, 15) is 17.2 Å². The molecule has 1 rings (SSSR count). The van der Waals surface area contributed by atoms with Crippen LogP contribution in [0.2, 0.25) is 10.2 Å². The first-order valence-corrected chi connectivity index (χ1v) is 6.38. The molecule has 0 unspecified atom stereocenters. The Morgan fingerprint density at radius 2 is 1.87 bits per heavy atom. The molecule has 0 aromatic carbocycles. The average molecular weight is 297 g/mol. The SMILES string of the molecule is O=S(=O)(Cl)c1cc(Cl)c(Cl)nc1C(F)F. The molecule has 0 aliphatic carbocycles. The van der Waals surface area contributed by atoms with Gasteiger partial charge in [-0.25, -0.2) is 22.2 Å². The van der Waals surface area contributed by atoms with Crippen LogP contribution in [-0.2, 0) is 9.05 Å². The van der Waals surface area contributed by atoms with E-state index < -0.39 is 31.2 Å². The van der Waals surface area contributed by atoms with Gasteiger partial charge >= 0.3 is 0 Å². The molecule has 0 N–H and O–H groups in total. The maximum absolute atomic E-state index is 12.4. The molecule has 0 amide bonds. The first-order chi connectivity index (χ1) is 6.73. The number of nitrogens with zero attached hydrogens (tertiary/aromatic N) is 1. The molecule has 1 aromatic heterocycles. The van der Waals surface area contributed by atoms with Crippen molar-refractivity contribution in [2.75, 3.05) is 0 Å². The number of halogens is 5. The summed E-state index contributed by atoms with van der Waals surface area (Å²) in [6, 6.07) is 0.737. The Bertz CT molecular complexity index is 491. The third kappa shape index (κ3) is 2.90. The maximum atomic E-state index is 12.4. The van der Waals surface area contributed by atoms with Crippen molar-refractivity contribution >= 4 is 42.9 Å². The van der Waals surface area contributed by atoms with Gasteiger partial charge in [-0.1, -0.05) is 23.2 Å². The first-order valence-electron chi connectivity index (χ1n) is 3.32. The van der Waals surface area contributed by atoms with Gasteiger partial charge in [0.15, 0.2) is 0 Å². The molecule has 0 aliphatic heterocycles. The molecule has 3 nitrogen and oxygen atoms in total. The highest BCUT2D eigenvalue weighted by Gasteiger charge is 2.25. The van der Waals surface area contributed by atoms with Crippen molar-refractivity contribution < 1.29 is 17.2 Å². The van der Waals surface area contributed by atoms with Crippen LogP contribution < -0.4 is 0 Å². The monoisotopic (exact) mass is 295 g/mol. The molecule has 0 fully saturated rings. The minimum Gasteiger partial charge on any atom is -0.232 e. The third-order valence-electron chi connectivity index (χ3n) is 1.40. The lowest BCUT2D eigenvalue weighted by molar-refractivity contribution is 0.142. The smallest absolute Gasteiger partial charge is 0.232 e. The van der Waals surface area contributed by atoms with Crippen molar-refractivity contribution in [2.24, 2.45) is 0 Å². The fraction of sp³-hybridized carbons (Fsp3) is 0.167. The molecule has 15 heavy (non-hydrogen) atoms. The summed E-state index contributed by atoms with van der Waals surface area (Å²) >= 11 is 10.8. The second kappa shape index (κ2) is 4.37. The Labute approximate surface area is 98.4 Å². The van der Waals surface area contributed by atoms with Gasteiger partial charge < -0.3 is 0 Å². The molecule has 84 valence electrons. The van der Waals surface area contributed by atoms with Gasteiger partial charge in [0, 0.05) is 10.7 Å². The maximum Gasteiger partial charge on any atom is 0.281 e. The van der Waals surface area contributed by atoms with Crippen LogP contribution in [0.4, 0.5) is 8.78 Å². The second-order valence-electron chi connectivity index (χ2n) is 2.38. The Hall–Kier alpha value is -0.170. The van der Waals surface area contributed by atoms with Crippen LogP contribution in [0.3, 0.4) is 0 Å². The van der Waals surface area contributed by atoms with Crippen molar-refractivity contribution in [2.45, 2.75) is 11.3 Å². The van der Waals surface area contributed by atoms with Crippen molar-refractivity contribution in [3.8, 4) is 0 Å². The summed E-state index contributed by atoms with van der Waals surface area (Å²) in [4.78, 5) is 2.32. The number of hydrogen-bond donors (Lipinski definition) is 0. The van der Waals surface area contributed by atoms with Crippen LogP contribution in [0.1, 0.15) is 12.1 Å². The average Bonchev–Trinajstić information content (AvgIpc) is 2.06. The number of alkyl halides is 2. The van der Waals surface area contributed by atoms with E-state index in [4.69, 9.17) is 33.9 Å². The fourth-order valence-corrected chi connectivity index (χ4v) is 2.19. The zero-order valence-corrected chi connectivity index (χ0v) is 9.80. The number of pyridine rings is 1. The molecule has 1 heterocycles. The van der Waals surface area contributed by atoms with Crippen LogP contribution in [-0.4, -0.2) is 13.4 Å². The minimum absolute atomic E-state index is 0.264. The van der Waals surface area contributed by atoms with Crippen LogP contribution in [0.5, 0.6) is 0 Å². The first kappa shape index (κ1) is 12.9. The fourth-order valence-electron chi connectivity index (χ4n) is 0.814. The normalized spacial score (nSPS) is 12.1. The number of aromatic nitrogens is 1. The molecule has 0 radical (unpaired) electrons. The molecule has 0 bridgehead atoms. The van der Waals surface area contributed by atoms with Crippen LogP contribution in [0.25, 0.3) is 0 Å². The van der Waals surface area contributed by atoms with Gasteiger partial charge in [0.05, 0.1) is 5.02 Å². The zero-order valence-electron chi connectivity index (χ0n) is 6.72. The van der Waals surface area contributed by atoms with E-state index in [1.54, 1.807) is 0 Å². The number of hydrogen-bond acceptors (Lipinski definition) is 3. The Morgan fingerprint density at radius 1 is 1.33 bits per heavy atom. The molecular formula is C6H2Cl3F2NO2S. The van der Waals surface area contributed by atoms with Crippen molar-refractivity contribution in [3.05, 3.63) is 21.9 Å². The summed E-state index contributed by atoms with van der Waals surface area (Å²) in [7, 11) is 0.598. The van der Waals surface area contributed by atoms with Gasteiger partial charge in [-0.15, -0.1) is 0 Å². The van der Waals surface area contributed by atoms with Crippen molar-refractivity contribution in [1.82, 2.24) is 4.98 Å². The lowest BCUT2D eigenvalue weighted by Crippen LogP contribution is -2.02. The highest BCUT2D eigenvalue weighted by atomic mass is 35.7. The van der Waals surface area contributed by atoms with Gasteiger partial charge in [0.25, 0.3) is 15.5 Å². The summed E-state index contributed by atoms with van der Waals surface area (Å²) < 4.78 is 46.6. The van der Waals surface area contributed by atoms with Crippen molar-refractivity contribution in [1.29, 1.82) is 0 Å². The molecule has 9 heteroatoms. The molecule has 0 saturated carbocycles. The van der Waals surface area contributed by atoms with Crippen molar-refractivity contribution in [3.63, 3.8) is 0 Å². The van der Waals surface area contributed by atoms with Crippen LogP contribution in [0.15, 0.2) is 11.0 Å². The molecule has 0 aliphatic rings. The van der Waals surface area contributed by atoms with E-state index in [0.29, 0.717) is 0 Å². The summed E-state index contributed by atoms with van der Waals surface area (Å²) in [6.07, 6.45) is -3.11. The molecule has 0 spiro atoms. The standard InChI is InChI=1S/C6H2Cl3F2NO2S/c7-2-1-3(15(9,13)14)4(6(10)11)12-5(2)8/h1,6H. The van der Waals surface area contributed by atoms with Crippen LogP contribution in [0, 0.1) is 0 Å². The van der Waals surface area contributed by atoms with E-state index in [2.05, 4.69) is 4.98 Å². The Morgan fingerprint density at radius 3 is 2.27 bits per heavy atom. The lowest BCUT2D eigenvalue weighted by atomic mass is 10.3. The van der Waals surface area contributed by atoms with E-state index in [-0.39, 0.29) is 5.02 Å². The topological polar surface area (TPSA) is 47.0 Å². The van der Waals surface area contributed by atoms with E-state index in [0.717, 1.165) is 6.07 Å². The lowest BCUT2D eigenvalue weighted by Gasteiger charge is -2.06.